The molecular formula is C13H10ClNO2. The van der Waals surface area contributed by atoms with Crippen LogP contribution < -0.4 is 0 Å². The smallest absolute Gasteiger partial charge is 0.338 e. The number of halogens is 1. The molecule has 2 aromatic rings. The largest absolute Gasteiger partial charge is 0.478 e. The number of pyridine rings is 1. The van der Waals surface area contributed by atoms with Crippen molar-refractivity contribution in [3.05, 3.63) is 52.7 Å². The van der Waals surface area contributed by atoms with Crippen LogP contribution in [0, 0.1) is 6.92 Å². The molecule has 0 radical (unpaired) electrons. The first-order chi connectivity index (χ1) is 8.08. The van der Waals surface area contributed by atoms with Crippen molar-refractivity contribution in [3.63, 3.8) is 0 Å². The second kappa shape index (κ2) is 4.55. The van der Waals surface area contributed by atoms with E-state index >= 15 is 0 Å². The lowest BCUT2D eigenvalue weighted by Gasteiger charge is -2.04. The van der Waals surface area contributed by atoms with Crippen molar-refractivity contribution in [3.8, 4) is 11.3 Å². The zero-order chi connectivity index (χ0) is 12.4. The van der Waals surface area contributed by atoms with E-state index in [1.165, 1.54) is 6.07 Å². The summed E-state index contributed by atoms with van der Waals surface area (Å²) < 4.78 is 0. The second-order valence-electron chi connectivity index (χ2n) is 3.71. The van der Waals surface area contributed by atoms with E-state index < -0.39 is 5.97 Å². The number of carboxylic acids is 1. The van der Waals surface area contributed by atoms with E-state index in [9.17, 15) is 4.79 Å². The van der Waals surface area contributed by atoms with E-state index in [0.29, 0.717) is 5.69 Å². The van der Waals surface area contributed by atoms with E-state index in [2.05, 4.69) is 4.98 Å². The molecule has 0 bridgehead atoms. The fourth-order valence-electron chi connectivity index (χ4n) is 1.48. The average molecular weight is 248 g/mol. The molecule has 0 fully saturated rings. The number of aromatic nitrogens is 1. The van der Waals surface area contributed by atoms with Crippen LogP contribution in [0.2, 0.25) is 5.15 Å². The minimum atomic E-state index is -1.07. The van der Waals surface area contributed by atoms with Crippen molar-refractivity contribution in [1.29, 1.82) is 0 Å². The minimum Gasteiger partial charge on any atom is -0.478 e. The maximum Gasteiger partial charge on any atom is 0.338 e. The van der Waals surface area contributed by atoms with Gasteiger partial charge < -0.3 is 5.11 Å². The SMILES string of the molecule is Cc1ccc(-c2ccc(C(=O)O)c(Cl)n2)cc1. The van der Waals surface area contributed by atoms with Crippen LogP contribution in [0.25, 0.3) is 11.3 Å². The number of hydrogen-bond donors (Lipinski definition) is 1. The number of carbonyl (C=O) groups is 1. The van der Waals surface area contributed by atoms with Gasteiger partial charge in [-0.05, 0) is 19.1 Å². The van der Waals surface area contributed by atoms with E-state index in [1.54, 1.807) is 6.07 Å². The normalized spacial score (nSPS) is 10.2. The number of rotatable bonds is 2. The molecule has 3 nitrogen and oxygen atoms in total. The van der Waals surface area contributed by atoms with Crippen LogP contribution in [0.5, 0.6) is 0 Å². The van der Waals surface area contributed by atoms with Gasteiger partial charge in [-0.25, -0.2) is 9.78 Å². The van der Waals surface area contributed by atoms with E-state index in [1.807, 2.05) is 31.2 Å². The Kier molecular flexibility index (Phi) is 3.11. The van der Waals surface area contributed by atoms with Crippen LogP contribution >= 0.6 is 11.6 Å². The standard InChI is InChI=1S/C13H10ClNO2/c1-8-2-4-9(5-3-8)11-7-6-10(13(16)17)12(14)15-11/h2-7H,1H3,(H,16,17). The lowest BCUT2D eigenvalue weighted by atomic mass is 10.1. The molecule has 1 N–H and O–H groups in total. The third kappa shape index (κ3) is 2.45. The topological polar surface area (TPSA) is 50.2 Å². The monoisotopic (exact) mass is 247 g/mol. The van der Waals surface area contributed by atoms with Gasteiger partial charge in [-0.1, -0.05) is 41.4 Å². The number of nitrogens with zero attached hydrogens (tertiary/aromatic N) is 1. The number of aromatic carboxylic acids is 1. The van der Waals surface area contributed by atoms with Gasteiger partial charge in [0, 0.05) is 5.56 Å². The van der Waals surface area contributed by atoms with Gasteiger partial charge in [0.1, 0.15) is 5.15 Å². The Balaban J connectivity index is 2.44. The maximum atomic E-state index is 10.8. The molecular weight excluding hydrogens is 238 g/mol. The highest BCUT2D eigenvalue weighted by molar-refractivity contribution is 6.32. The van der Waals surface area contributed by atoms with Crippen molar-refractivity contribution < 1.29 is 9.90 Å². The van der Waals surface area contributed by atoms with Gasteiger partial charge in [0.2, 0.25) is 0 Å². The van der Waals surface area contributed by atoms with E-state index in [-0.39, 0.29) is 10.7 Å². The molecule has 17 heavy (non-hydrogen) atoms. The summed E-state index contributed by atoms with van der Waals surface area (Å²) >= 11 is 5.81. The number of benzene rings is 1. The third-order valence-corrected chi connectivity index (χ3v) is 2.71. The predicted molar refractivity (Wildman–Crippen MR) is 66.4 cm³/mol. The zero-order valence-electron chi connectivity index (χ0n) is 9.14. The Morgan fingerprint density at radius 2 is 1.82 bits per heavy atom. The summed E-state index contributed by atoms with van der Waals surface area (Å²) in [5.41, 5.74) is 2.75. The van der Waals surface area contributed by atoms with Crippen LogP contribution in [-0.2, 0) is 0 Å². The molecule has 0 atom stereocenters. The van der Waals surface area contributed by atoms with Crippen LogP contribution in [0.4, 0.5) is 0 Å². The summed E-state index contributed by atoms with van der Waals surface area (Å²) in [5, 5.41) is 8.85. The molecule has 0 aliphatic carbocycles. The quantitative estimate of drug-likeness (QED) is 0.828. The first-order valence-electron chi connectivity index (χ1n) is 5.05. The zero-order valence-corrected chi connectivity index (χ0v) is 9.90. The Hall–Kier alpha value is -1.87. The van der Waals surface area contributed by atoms with E-state index in [4.69, 9.17) is 16.7 Å². The van der Waals surface area contributed by atoms with Gasteiger partial charge in [0.05, 0.1) is 11.3 Å². The number of aryl methyl sites for hydroxylation is 1. The molecule has 86 valence electrons. The highest BCUT2D eigenvalue weighted by atomic mass is 35.5. The molecule has 1 aromatic heterocycles. The van der Waals surface area contributed by atoms with Crippen LogP contribution in [-0.4, -0.2) is 16.1 Å². The summed E-state index contributed by atoms with van der Waals surface area (Å²) in [6, 6.07) is 10.9. The summed E-state index contributed by atoms with van der Waals surface area (Å²) in [7, 11) is 0. The van der Waals surface area contributed by atoms with Crippen LogP contribution in [0.3, 0.4) is 0 Å². The fraction of sp³-hybridized carbons (Fsp3) is 0.0769. The fourth-order valence-corrected chi connectivity index (χ4v) is 1.71. The summed E-state index contributed by atoms with van der Waals surface area (Å²) in [5.74, 6) is -1.07. The summed E-state index contributed by atoms with van der Waals surface area (Å²) in [6.45, 7) is 2.00. The Morgan fingerprint density at radius 1 is 1.18 bits per heavy atom. The summed E-state index contributed by atoms with van der Waals surface area (Å²) in [6.07, 6.45) is 0. The van der Waals surface area contributed by atoms with Gasteiger partial charge in [-0.2, -0.15) is 0 Å². The molecule has 0 saturated carbocycles. The minimum absolute atomic E-state index is 0.00979. The van der Waals surface area contributed by atoms with Crippen molar-refractivity contribution in [2.75, 3.05) is 0 Å². The van der Waals surface area contributed by atoms with Crippen molar-refractivity contribution in [2.24, 2.45) is 0 Å². The van der Waals surface area contributed by atoms with Gasteiger partial charge in [0.25, 0.3) is 0 Å². The molecule has 0 saturated heterocycles. The molecule has 1 aromatic carbocycles. The Morgan fingerprint density at radius 3 is 2.35 bits per heavy atom. The Labute approximate surface area is 104 Å². The lowest BCUT2D eigenvalue weighted by molar-refractivity contribution is 0.0696. The first kappa shape index (κ1) is 11.6. The Bertz CT molecular complexity index is 564. The molecule has 1 heterocycles. The van der Waals surface area contributed by atoms with Crippen molar-refractivity contribution in [1.82, 2.24) is 4.98 Å². The second-order valence-corrected chi connectivity index (χ2v) is 4.06. The maximum absolute atomic E-state index is 10.8. The molecule has 0 aliphatic rings. The van der Waals surface area contributed by atoms with Crippen LogP contribution in [0.1, 0.15) is 15.9 Å². The van der Waals surface area contributed by atoms with Gasteiger partial charge >= 0.3 is 5.97 Å². The molecule has 0 aliphatic heterocycles. The number of carboxylic acid groups (broad SMARTS) is 1. The summed E-state index contributed by atoms with van der Waals surface area (Å²) in [4.78, 5) is 14.9. The lowest BCUT2D eigenvalue weighted by Crippen LogP contribution is -1.99. The molecule has 0 amide bonds. The molecule has 0 spiro atoms. The molecule has 0 unspecified atom stereocenters. The van der Waals surface area contributed by atoms with Gasteiger partial charge in [-0.3, -0.25) is 0 Å². The highest BCUT2D eigenvalue weighted by Gasteiger charge is 2.10. The van der Waals surface area contributed by atoms with Crippen LogP contribution in [0.15, 0.2) is 36.4 Å². The van der Waals surface area contributed by atoms with E-state index in [0.717, 1.165) is 11.1 Å². The van der Waals surface area contributed by atoms with Gasteiger partial charge in [0.15, 0.2) is 0 Å². The van der Waals surface area contributed by atoms with Crippen molar-refractivity contribution in [2.45, 2.75) is 6.92 Å². The molecule has 4 heteroatoms. The average Bonchev–Trinajstić information content (AvgIpc) is 2.29. The first-order valence-corrected chi connectivity index (χ1v) is 5.42. The van der Waals surface area contributed by atoms with Gasteiger partial charge in [-0.15, -0.1) is 0 Å². The highest BCUT2D eigenvalue weighted by Crippen LogP contribution is 2.22. The number of hydrogen-bond acceptors (Lipinski definition) is 2. The predicted octanol–water partition coefficient (Wildman–Crippen LogP) is 3.41. The third-order valence-electron chi connectivity index (χ3n) is 2.43. The van der Waals surface area contributed by atoms with Crippen molar-refractivity contribution >= 4 is 17.6 Å². The molecule has 2 rings (SSSR count).